The van der Waals surface area contributed by atoms with Crippen LogP contribution in [-0.4, -0.2) is 23.9 Å². The van der Waals surface area contributed by atoms with Crippen LogP contribution in [0, 0.1) is 0 Å². The van der Waals surface area contributed by atoms with E-state index in [1.54, 1.807) is 0 Å². The lowest BCUT2D eigenvalue weighted by atomic mass is 11.3. The molecule has 5 nitrogen and oxygen atoms in total. The van der Waals surface area contributed by atoms with Gasteiger partial charge in [-0.2, -0.15) is 5.10 Å². The summed E-state index contributed by atoms with van der Waals surface area (Å²) >= 11 is -2.28. The molecule has 0 spiro atoms. The van der Waals surface area contributed by atoms with Crippen LogP contribution in [0.25, 0.3) is 0 Å². The molecule has 0 bridgehead atoms. The summed E-state index contributed by atoms with van der Waals surface area (Å²) in [5, 5.41) is 5.34. The first-order chi connectivity index (χ1) is 3.80. The Morgan fingerprint density at radius 2 is 2.62 bits per heavy atom. The molecule has 8 heavy (non-hydrogen) atoms. The second-order valence-corrected chi connectivity index (χ2v) is 1.88. The molecular formula is C2H2N3O2S-. The van der Waals surface area contributed by atoms with Gasteiger partial charge in [-0.1, -0.05) is 0 Å². The average Bonchev–Trinajstić information content (AvgIpc) is 2.12. The zero-order valence-corrected chi connectivity index (χ0v) is 4.51. The Kier molecular flexibility index (Phi) is 1.36. The summed E-state index contributed by atoms with van der Waals surface area (Å²) in [6.07, 6.45) is 1.13. The molecule has 0 amide bonds. The molecule has 0 saturated heterocycles. The summed E-state index contributed by atoms with van der Waals surface area (Å²) in [7, 11) is 0. The van der Waals surface area contributed by atoms with Gasteiger partial charge in [0.25, 0.3) is 0 Å². The number of rotatable bonds is 1. The van der Waals surface area contributed by atoms with Gasteiger partial charge < -0.3 is 4.55 Å². The molecule has 0 aromatic carbocycles. The molecule has 1 heterocycles. The standard InChI is InChI=1S/C2H3N3O2S/c6-8(7)2-3-1-4-5-2/h1H,(H,6,7)(H,3,4,5)/p-1. The fraction of sp³-hybridized carbons (Fsp3) is 0. The maximum Gasteiger partial charge on any atom is 0.200 e. The molecule has 0 saturated carbocycles. The van der Waals surface area contributed by atoms with Gasteiger partial charge >= 0.3 is 0 Å². The minimum atomic E-state index is -2.28. The van der Waals surface area contributed by atoms with E-state index in [0.29, 0.717) is 0 Å². The molecule has 1 unspecified atom stereocenters. The minimum Gasteiger partial charge on any atom is -0.766 e. The Morgan fingerprint density at radius 3 is 2.88 bits per heavy atom. The lowest BCUT2D eigenvalue weighted by molar-refractivity contribution is 0.529. The van der Waals surface area contributed by atoms with Crippen molar-refractivity contribution < 1.29 is 8.76 Å². The number of H-pyrrole nitrogens is 1. The third kappa shape index (κ3) is 0.903. The molecule has 0 fully saturated rings. The normalized spacial score (nSPS) is 13.6. The van der Waals surface area contributed by atoms with Crippen molar-refractivity contribution in [2.24, 2.45) is 0 Å². The number of hydrogen-bond donors (Lipinski definition) is 1. The summed E-state index contributed by atoms with van der Waals surface area (Å²) in [5.74, 6) is 0. The second kappa shape index (κ2) is 2.01. The average molecular weight is 132 g/mol. The molecule has 0 aliphatic carbocycles. The van der Waals surface area contributed by atoms with Crippen molar-refractivity contribution in [3.05, 3.63) is 6.33 Å². The van der Waals surface area contributed by atoms with Crippen LogP contribution in [0.3, 0.4) is 0 Å². The third-order valence-electron chi connectivity index (χ3n) is 0.551. The zero-order valence-electron chi connectivity index (χ0n) is 3.70. The van der Waals surface area contributed by atoms with Crippen LogP contribution < -0.4 is 0 Å². The Hall–Kier alpha value is -0.750. The highest BCUT2D eigenvalue weighted by Gasteiger charge is 1.89. The van der Waals surface area contributed by atoms with Crippen LogP contribution in [0.15, 0.2) is 11.5 Å². The summed E-state index contributed by atoms with van der Waals surface area (Å²) in [6.45, 7) is 0. The van der Waals surface area contributed by atoms with Crippen molar-refractivity contribution in [2.75, 3.05) is 0 Å². The van der Waals surface area contributed by atoms with Crippen LogP contribution in [0.5, 0.6) is 0 Å². The highest BCUT2D eigenvalue weighted by atomic mass is 32.2. The fourth-order valence-electron chi connectivity index (χ4n) is 0.275. The van der Waals surface area contributed by atoms with E-state index in [1.165, 1.54) is 0 Å². The van der Waals surface area contributed by atoms with Crippen molar-refractivity contribution in [1.82, 2.24) is 15.2 Å². The van der Waals surface area contributed by atoms with Gasteiger partial charge in [0.15, 0.2) is 0 Å². The van der Waals surface area contributed by atoms with E-state index in [1.807, 2.05) is 0 Å². The lowest BCUT2D eigenvalue weighted by Crippen LogP contribution is -1.90. The SMILES string of the molecule is O=S([O-])c1ncn[nH]1. The van der Waals surface area contributed by atoms with Gasteiger partial charge in [0.05, 0.1) is 0 Å². The van der Waals surface area contributed by atoms with Crippen molar-refractivity contribution in [1.29, 1.82) is 0 Å². The Bertz CT molecular complexity index is 183. The van der Waals surface area contributed by atoms with E-state index < -0.39 is 11.1 Å². The van der Waals surface area contributed by atoms with Crippen LogP contribution in [0.1, 0.15) is 0 Å². The first-order valence-corrected chi connectivity index (χ1v) is 2.83. The lowest BCUT2D eigenvalue weighted by Gasteiger charge is -1.94. The fourth-order valence-corrected chi connectivity index (χ4v) is 0.535. The Morgan fingerprint density at radius 1 is 1.88 bits per heavy atom. The molecule has 1 aromatic heterocycles. The number of hydrogen-bond acceptors (Lipinski definition) is 4. The number of aromatic nitrogens is 3. The van der Waals surface area contributed by atoms with Crippen LogP contribution in [-0.2, 0) is 11.1 Å². The third-order valence-corrected chi connectivity index (χ3v) is 1.06. The molecule has 1 rings (SSSR count). The van der Waals surface area contributed by atoms with Gasteiger partial charge in [-0.15, -0.1) is 0 Å². The van der Waals surface area contributed by atoms with Gasteiger partial charge in [-0.05, 0) is 0 Å². The zero-order chi connectivity index (χ0) is 5.98. The first kappa shape index (κ1) is 5.39. The highest BCUT2D eigenvalue weighted by Crippen LogP contribution is 1.87. The summed E-state index contributed by atoms with van der Waals surface area (Å²) in [4.78, 5) is 3.34. The molecule has 0 aliphatic heterocycles. The van der Waals surface area contributed by atoms with E-state index in [9.17, 15) is 8.76 Å². The van der Waals surface area contributed by atoms with Crippen molar-refractivity contribution >= 4 is 11.1 Å². The predicted octanol–water partition coefficient (Wildman–Crippen LogP) is -0.957. The predicted molar refractivity (Wildman–Crippen MR) is 23.6 cm³/mol. The largest absolute Gasteiger partial charge is 0.766 e. The topological polar surface area (TPSA) is 81.7 Å². The van der Waals surface area contributed by atoms with Crippen LogP contribution in [0.2, 0.25) is 0 Å². The molecule has 44 valence electrons. The quantitative estimate of drug-likeness (QED) is 0.499. The van der Waals surface area contributed by atoms with Crippen molar-refractivity contribution in [2.45, 2.75) is 5.16 Å². The van der Waals surface area contributed by atoms with E-state index >= 15 is 0 Å². The van der Waals surface area contributed by atoms with Gasteiger partial charge in [-0.25, -0.2) is 4.98 Å². The number of nitrogens with one attached hydrogen (secondary N) is 1. The van der Waals surface area contributed by atoms with Gasteiger partial charge in [-0.3, -0.25) is 9.31 Å². The molecule has 1 atom stereocenters. The smallest absolute Gasteiger partial charge is 0.200 e. The first-order valence-electron chi connectivity index (χ1n) is 1.75. The Balaban J connectivity index is 2.93. The maximum absolute atomic E-state index is 9.93. The summed E-state index contributed by atoms with van der Waals surface area (Å²) in [5.41, 5.74) is 0. The molecule has 0 aliphatic rings. The van der Waals surface area contributed by atoms with Gasteiger partial charge in [0.1, 0.15) is 6.33 Å². The van der Waals surface area contributed by atoms with E-state index in [0.717, 1.165) is 6.33 Å². The molecular weight excluding hydrogens is 130 g/mol. The number of nitrogens with zero attached hydrogens (tertiary/aromatic N) is 2. The van der Waals surface area contributed by atoms with E-state index in [4.69, 9.17) is 0 Å². The summed E-state index contributed by atoms with van der Waals surface area (Å²) in [6, 6.07) is 0. The van der Waals surface area contributed by atoms with E-state index in [2.05, 4.69) is 15.2 Å². The van der Waals surface area contributed by atoms with Gasteiger partial charge in [0, 0.05) is 11.1 Å². The van der Waals surface area contributed by atoms with Crippen LogP contribution in [0.4, 0.5) is 0 Å². The molecule has 1 aromatic rings. The van der Waals surface area contributed by atoms with Crippen LogP contribution >= 0.6 is 0 Å². The number of aromatic amines is 1. The molecule has 0 radical (unpaired) electrons. The van der Waals surface area contributed by atoms with E-state index in [-0.39, 0.29) is 5.16 Å². The van der Waals surface area contributed by atoms with Gasteiger partial charge in [0.2, 0.25) is 5.16 Å². The van der Waals surface area contributed by atoms with Crippen molar-refractivity contribution in [3.8, 4) is 0 Å². The second-order valence-electron chi connectivity index (χ2n) is 1.03. The molecule has 1 N–H and O–H groups in total. The summed E-state index contributed by atoms with van der Waals surface area (Å²) < 4.78 is 19.9. The molecule has 6 heteroatoms. The highest BCUT2D eigenvalue weighted by molar-refractivity contribution is 7.78. The maximum atomic E-state index is 9.93. The Labute approximate surface area is 47.4 Å². The van der Waals surface area contributed by atoms with Crippen molar-refractivity contribution in [3.63, 3.8) is 0 Å². The minimum absolute atomic E-state index is 0.134. The monoisotopic (exact) mass is 132 g/mol.